The second-order valence-electron chi connectivity index (χ2n) is 5.02. The number of amides is 2. The van der Waals surface area contributed by atoms with E-state index in [0.29, 0.717) is 18.1 Å². The van der Waals surface area contributed by atoms with Gasteiger partial charge in [0.2, 0.25) is 0 Å². The molecule has 0 fully saturated rings. The molecule has 2 N–H and O–H groups in total. The van der Waals surface area contributed by atoms with Crippen LogP contribution in [0.1, 0.15) is 11.6 Å². The number of aliphatic hydroxyl groups excluding tert-OH is 1. The van der Waals surface area contributed by atoms with E-state index in [9.17, 15) is 4.79 Å². The molecule has 0 saturated carbocycles. The highest BCUT2D eigenvalue weighted by molar-refractivity contribution is 5.91. The fourth-order valence-corrected chi connectivity index (χ4v) is 2.26. The minimum absolute atomic E-state index is 0.107. The second kappa shape index (κ2) is 7.55. The molecular formula is C16H21N5O2. The number of hydrogen-bond donors (Lipinski definition) is 2. The molecule has 0 aliphatic carbocycles. The molecule has 0 aliphatic rings. The first-order valence-electron chi connectivity index (χ1n) is 7.34. The van der Waals surface area contributed by atoms with Gasteiger partial charge >= 0.3 is 6.03 Å². The molecule has 23 heavy (non-hydrogen) atoms. The molecule has 0 atom stereocenters. The SMILES string of the molecule is C=CCN(CCO)C(=O)Nc1ccccc1-n1nc(C)nc1C. The number of nitrogens with one attached hydrogen (secondary N) is 1. The number of anilines is 1. The van der Waals surface area contributed by atoms with Gasteiger partial charge in [-0.25, -0.2) is 14.5 Å². The summed E-state index contributed by atoms with van der Waals surface area (Å²) in [7, 11) is 0. The van der Waals surface area contributed by atoms with Crippen molar-refractivity contribution >= 4 is 11.7 Å². The van der Waals surface area contributed by atoms with Gasteiger partial charge in [0.1, 0.15) is 11.6 Å². The molecule has 1 heterocycles. The number of benzene rings is 1. The lowest BCUT2D eigenvalue weighted by atomic mass is 10.2. The van der Waals surface area contributed by atoms with Crippen molar-refractivity contribution in [2.24, 2.45) is 0 Å². The number of aliphatic hydroxyl groups is 1. The van der Waals surface area contributed by atoms with E-state index in [-0.39, 0.29) is 19.2 Å². The van der Waals surface area contributed by atoms with Crippen LogP contribution in [0.15, 0.2) is 36.9 Å². The summed E-state index contributed by atoms with van der Waals surface area (Å²) in [5.74, 6) is 1.40. The molecule has 0 unspecified atom stereocenters. The van der Waals surface area contributed by atoms with Crippen LogP contribution in [-0.2, 0) is 0 Å². The average Bonchev–Trinajstić information content (AvgIpc) is 2.86. The summed E-state index contributed by atoms with van der Waals surface area (Å²) in [5, 5.41) is 16.3. The molecule has 2 amide bonds. The van der Waals surface area contributed by atoms with E-state index >= 15 is 0 Å². The molecule has 1 aromatic heterocycles. The number of carbonyl (C=O) groups excluding carboxylic acids is 1. The van der Waals surface area contributed by atoms with Crippen molar-refractivity contribution in [1.82, 2.24) is 19.7 Å². The molecule has 1 aromatic carbocycles. The van der Waals surface area contributed by atoms with E-state index < -0.39 is 0 Å². The molecule has 0 bridgehead atoms. The third kappa shape index (κ3) is 3.95. The normalized spacial score (nSPS) is 10.4. The summed E-state index contributed by atoms with van der Waals surface area (Å²) in [5.41, 5.74) is 1.36. The predicted molar refractivity (Wildman–Crippen MR) is 88.7 cm³/mol. The second-order valence-corrected chi connectivity index (χ2v) is 5.02. The van der Waals surface area contributed by atoms with E-state index in [4.69, 9.17) is 5.11 Å². The summed E-state index contributed by atoms with van der Waals surface area (Å²) in [6.45, 7) is 7.79. The highest BCUT2D eigenvalue weighted by Crippen LogP contribution is 2.21. The summed E-state index contributed by atoms with van der Waals surface area (Å²) in [4.78, 5) is 18.1. The Hall–Kier alpha value is -2.67. The zero-order chi connectivity index (χ0) is 16.8. The number of nitrogens with zero attached hydrogens (tertiary/aromatic N) is 4. The molecule has 7 heteroatoms. The standard InChI is InChI=1S/C16H21N5O2/c1-4-9-20(10-11-22)16(23)18-14-7-5-6-8-15(14)21-13(3)17-12(2)19-21/h4-8,22H,1,9-11H2,2-3H3,(H,18,23). The summed E-state index contributed by atoms with van der Waals surface area (Å²) >= 11 is 0. The lowest BCUT2D eigenvalue weighted by Crippen LogP contribution is -2.37. The van der Waals surface area contributed by atoms with Crippen molar-refractivity contribution < 1.29 is 9.90 Å². The summed E-state index contributed by atoms with van der Waals surface area (Å²) in [6, 6.07) is 7.06. The van der Waals surface area contributed by atoms with Gasteiger partial charge in [0.15, 0.2) is 0 Å². The summed E-state index contributed by atoms with van der Waals surface area (Å²) < 4.78 is 1.69. The monoisotopic (exact) mass is 315 g/mol. The number of hydrogen-bond acceptors (Lipinski definition) is 4. The van der Waals surface area contributed by atoms with Crippen LogP contribution in [0.4, 0.5) is 10.5 Å². The van der Waals surface area contributed by atoms with Crippen molar-refractivity contribution in [2.75, 3.05) is 25.0 Å². The van der Waals surface area contributed by atoms with Gasteiger partial charge in [0, 0.05) is 13.1 Å². The van der Waals surface area contributed by atoms with Crippen LogP contribution in [0.3, 0.4) is 0 Å². The number of carbonyl (C=O) groups is 1. The minimum Gasteiger partial charge on any atom is -0.395 e. The zero-order valence-corrected chi connectivity index (χ0v) is 13.4. The largest absolute Gasteiger partial charge is 0.395 e. The van der Waals surface area contributed by atoms with Gasteiger partial charge in [-0.2, -0.15) is 5.10 Å². The first-order chi connectivity index (χ1) is 11.1. The van der Waals surface area contributed by atoms with Crippen molar-refractivity contribution in [3.8, 4) is 5.69 Å². The Labute approximate surface area is 135 Å². The highest BCUT2D eigenvalue weighted by Gasteiger charge is 2.15. The topological polar surface area (TPSA) is 83.3 Å². The van der Waals surface area contributed by atoms with Gasteiger partial charge in [0.05, 0.1) is 18.0 Å². The minimum atomic E-state index is -0.305. The van der Waals surface area contributed by atoms with E-state index in [1.54, 1.807) is 16.8 Å². The predicted octanol–water partition coefficient (Wildman–Crippen LogP) is 1.90. The average molecular weight is 315 g/mol. The summed E-state index contributed by atoms with van der Waals surface area (Å²) in [6.07, 6.45) is 1.62. The molecule has 0 aliphatic heterocycles. The van der Waals surface area contributed by atoms with Gasteiger partial charge in [0.25, 0.3) is 0 Å². The maximum Gasteiger partial charge on any atom is 0.322 e. The zero-order valence-electron chi connectivity index (χ0n) is 13.4. The first-order valence-corrected chi connectivity index (χ1v) is 7.34. The molecule has 0 spiro atoms. The van der Waals surface area contributed by atoms with Gasteiger partial charge in [-0.15, -0.1) is 6.58 Å². The van der Waals surface area contributed by atoms with Gasteiger partial charge in [-0.1, -0.05) is 18.2 Å². The fourth-order valence-electron chi connectivity index (χ4n) is 2.26. The van der Waals surface area contributed by atoms with Crippen molar-refractivity contribution in [2.45, 2.75) is 13.8 Å². The van der Waals surface area contributed by atoms with E-state index in [2.05, 4.69) is 22.0 Å². The smallest absolute Gasteiger partial charge is 0.322 e. The number of aromatic nitrogens is 3. The molecule has 7 nitrogen and oxygen atoms in total. The van der Waals surface area contributed by atoms with Crippen LogP contribution in [0, 0.1) is 13.8 Å². The van der Waals surface area contributed by atoms with Gasteiger partial charge in [-0.05, 0) is 26.0 Å². The van der Waals surface area contributed by atoms with Crippen LogP contribution in [-0.4, -0.2) is 50.5 Å². The van der Waals surface area contributed by atoms with Crippen LogP contribution in [0.25, 0.3) is 5.69 Å². The molecule has 122 valence electrons. The maximum atomic E-state index is 12.4. The van der Waals surface area contributed by atoms with Crippen molar-refractivity contribution in [1.29, 1.82) is 0 Å². The quantitative estimate of drug-likeness (QED) is 0.798. The van der Waals surface area contributed by atoms with E-state index in [1.807, 2.05) is 32.0 Å². The maximum absolute atomic E-state index is 12.4. The lowest BCUT2D eigenvalue weighted by Gasteiger charge is -2.21. The molecular weight excluding hydrogens is 294 g/mol. The Balaban J connectivity index is 2.28. The fraction of sp³-hybridized carbons (Fsp3) is 0.312. The van der Waals surface area contributed by atoms with Crippen LogP contribution in [0.5, 0.6) is 0 Å². The third-order valence-electron chi connectivity index (χ3n) is 3.26. The lowest BCUT2D eigenvalue weighted by molar-refractivity contribution is 0.195. The Kier molecular flexibility index (Phi) is 5.48. The third-order valence-corrected chi connectivity index (χ3v) is 3.26. The van der Waals surface area contributed by atoms with E-state index in [0.717, 1.165) is 11.5 Å². The Morgan fingerprint density at radius 1 is 1.43 bits per heavy atom. The molecule has 0 saturated heterocycles. The van der Waals surface area contributed by atoms with Crippen LogP contribution >= 0.6 is 0 Å². The number of rotatable bonds is 6. The van der Waals surface area contributed by atoms with Crippen molar-refractivity contribution in [3.05, 3.63) is 48.6 Å². The molecule has 2 rings (SSSR count). The number of aryl methyl sites for hydroxylation is 2. The molecule has 2 aromatic rings. The van der Waals surface area contributed by atoms with Crippen LogP contribution in [0.2, 0.25) is 0 Å². The van der Waals surface area contributed by atoms with Crippen molar-refractivity contribution in [3.63, 3.8) is 0 Å². The van der Waals surface area contributed by atoms with Gasteiger partial charge in [-0.3, -0.25) is 0 Å². The Morgan fingerprint density at radius 3 is 2.78 bits per heavy atom. The molecule has 0 radical (unpaired) electrons. The highest BCUT2D eigenvalue weighted by atomic mass is 16.3. The Morgan fingerprint density at radius 2 is 2.17 bits per heavy atom. The Bertz CT molecular complexity index is 696. The van der Waals surface area contributed by atoms with Gasteiger partial charge < -0.3 is 15.3 Å². The number of para-hydroxylation sites is 2. The number of urea groups is 1. The first kappa shape index (κ1) is 16.7. The van der Waals surface area contributed by atoms with Crippen LogP contribution < -0.4 is 5.32 Å². The van der Waals surface area contributed by atoms with E-state index in [1.165, 1.54) is 4.90 Å².